The van der Waals surface area contributed by atoms with E-state index in [1.54, 1.807) is 5.01 Å². The van der Waals surface area contributed by atoms with Gasteiger partial charge in [-0.25, -0.2) is 5.01 Å². The van der Waals surface area contributed by atoms with Crippen molar-refractivity contribution < 1.29 is 4.79 Å². The molecule has 2 aliphatic heterocycles. The molecule has 2 aromatic carbocycles. The van der Waals surface area contributed by atoms with E-state index < -0.39 is 5.66 Å². The van der Waals surface area contributed by atoms with Crippen LogP contribution in [0, 0.1) is 0 Å². The molecule has 2 heterocycles. The Hall–Kier alpha value is -2.60. The molecule has 6 heteroatoms. The molecule has 0 spiro atoms. The smallest absolute Gasteiger partial charge is 0.276 e. The van der Waals surface area contributed by atoms with Crippen LogP contribution in [0.4, 0.5) is 0 Å². The fraction of sp³-hybridized carbons (Fsp3) is 0.211. The van der Waals surface area contributed by atoms with Gasteiger partial charge in [0.2, 0.25) is 0 Å². The third-order valence-corrected chi connectivity index (χ3v) is 5.06. The molecule has 0 atom stereocenters. The van der Waals surface area contributed by atoms with Gasteiger partial charge in [-0.3, -0.25) is 15.1 Å². The fourth-order valence-electron chi connectivity index (χ4n) is 2.96. The van der Waals surface area contributed by atoms with E-state index in [0.717, 1.165) is 16.3 Å². The summed E-state index contributed by atoms with van der Waals surface area (Å²) in [6.45, 7) is 3.93. The number of hydrogen-bond donors (Lipinski definition) is 1. The van der Waals surface area contributed by atoms with Gasteiger partial charge in [-0.15, -0.1) is 5.10 Å². The predicted octanol–water partition coefficient (Wildman–Crippen LogP) is 1.80. The van der Waals surface area contributed by atoms with E-state index in [-0.39, 0.29) is 5.91 Å². The first kappa shape index (κ1) is 15.9. The third kappa shape index (κ3) is 2.93. The van der Waals surface area contributed by atoms with Crippen LogP contribution in [0.1, 0.15) is 19.4 Å². The molecule has 0 saturated carbocycles. The van der Waals surface area contributed by atoms with Crippen molar-refractivity contribution in [3.63, 3.8) is 0 Å². The normalized spacial score (nSPS) is 17.8. The Morgan fingerprint density at radius 1 is 1.08 bits per heavy atom. The number of benzene rings is 2. The number of nitrogens with one attached hydrogen (secondary N) is 1. The average Bonchev–Trinajstić information content (AvgIpc) is 2.60. The molecule has 0 unspecified atom stereocenters. The highest BCUT2D eigenvalue weighted by Crippen LogP contribution is 2.28. The third-order valence-electron chi connectivity index (χ3n) is 4.13. The maximum absolute atomic E-state index is 12.8. The van der Waals surface area contributed by atoms with Gasteiger partial charge < -0.3 is 0 Å². The van der Waals surface area contributed by atoms with E-state index in [4.69, 9.17) is 4.99 Å². The molecule has 0 fully saturated rings. The highest BCUT2D eigenvalue weighted by molar-refractivity contribution is 8.13. The quantitative estimate of drug-likeness (QED) is 0.899. The topological polar surface area (TPSA) is 57.1 Å². The second-order valence-electron chi connectivity index (χ2n) is 6.42. The molecular formula is C19H18N4OS. The number of rotatable bonds is 2. The van der Waals surface area contributed by atoms with Gasteiger partial charge >= 0.3 is 0 Å². The van der Waals surface area contributed by atoms with Crippen LogP contribution in [0.5, 0.6) is 0 Å². The first-order chi connectivity index (χ1) is 12.0. The summed E-state index contributed by atoms with van der Waals surface area (Å²) in [6.07, 6.45) is 0. The maximum Gasteiger partial charge on any atom is 0.276 e. The molecular weight excluding hydrogens is 332 g/mol. The molecule has 1 amide bonds. The lowest BCUT2D eigenvalue weighted by molar-refractivity contribution is -0.116. The highest BCUT2D eigenvalue weighted by Gasteiger charge is 2.38. The Bertz CT molecular complexity index is 982. The Labute approximate surface area is 150 Å². The molecule has 1 N–H and O–H groups in total. The van der Waals surface area contributed by atoms with Crippen LogP contribution in [0.15, 0.2) is 64.7 Å². The highest BCUT2D eigenvalue weighted by atomic mass is 32.2. The Balaban J connectivity index is 1.71. The zero-order valence-electron chi connectivity index (χ0n) is 14.1. The van der Waals surface area contributed by atoms with Gasteiger partial charge in [0.25, 0.3) is 5.91 Å². The van der Waals surface area contributed by atoms with Crippen molar-refractivity contribution >= 4 is 28.5 Å². The number of fused-ring (bicyclic) bond motifs is 2. The molecule has 0 aromatic heterocycles. The lowest BCUT2D eigenvalue weighted by Crippen LogP contribution is -2.56. The van der Waals surface area contributed by atoms with Gasteiger partial charge in [0.15, 0.2) is 5.17 Å². The standard InChI is InChI=1S/C19H18N4OS/c1-19(2)21-15-11-7-6-10-14(15)16-17(24)20-18(22-23(16)19)25-12-13-8-4-3-5-9-13/h3-11H,12H2,1-2H3,(H,20,22,24). The molecule has 0 saturated heterocycles. The number of amides is 1. The van der Waals surface area contributed by atoms with Crippen molar-refractivity contribution in [2.24, 2.45) is 10.1 Å². The molecule has 25 heavy (non-hydrogen) atoms. The van der Waals surface area contributed by atoms with Crippen LogP contribution in [0.2, 0.25) is 0 Å². The maximum atomic E-state index is 12.8. The summed E-state index contributed by atoms with van der Waals surface area (Å²) in [7, 11) is 0. The van der Waals surface area contributed by atoms with E-state index in [0.29, 0.717) is 10.9 Å². The van der Waals surface area contributed by atoms with Gasteiger partial charge in [-0.1, -0.05) is 60.3 Å². The Morgan fingerprint density at radius 2 is 1.80 bits per heavy atom. The minimum absolute atomic E-state index is 0.138. The SMILES string of the molecule is CC1(C)N=c2ccccc2=C2C(=O)NC(SCc3ccccc3)=NN21. The summed E-state index contributed by atoms with van der Waals surface area (Å²) in [5, 5.41) is 11.6. The lowest BCUT2D eigenvalue weighted by Gasteiger charge is -2.38. The van der Waals surface area contributed by atoms with E-state index in [2.05, 4.69) is 22.6 Å². The summed E-state index contributed by atoms with van der Waals surface area (Å²) in [5.74, 6) is 0.609. The summed E-state index contributed by atoms with van der Waals surface area (Å²) < 4.78 is 0. The Kier molecular flexibility index (Phi) is 3.84. The number of hydrogen-bond acceptors (Lipinski definition) is 5. The van der Waals surface area contributed by atoms with Crippen LogP contribution < -0.4 is 15.9 Å². The monoisotopic (exact) mass is 350 g/mol. The number of amidine groups is 1. The van der Waals surface area contributed by atoms with Crippen molar-refractivity contribution in [2.75, 3.05) is 0 Å². The summed E-state index contributed by atoms with van der Waals surface area (Å²) >= 11 is 1.51. The van der Waals surface area contributed by atoms with Crippen molar-refractivity contribution in [1.82, 2.24) is 10.3 Å². The van der Waals surface area contributed by atoms with Gasteiger partial charge in [0.05, 0.1) is 5.36 Å². The lowest BCUT2D eigenvalue weighted by atomic mass is 10.1. The number of carbonyl (C=O) groups excluding carboxylic acids is 1. The summed E-state index contributed by atoms with van der Waals surface area (Å²) in [6, 6.07) is 17.8. The largest absolute Gasteiger partial charge is 0.298 e. The van der Waals surface area contributed by atoms with Crippen molar-refractivity contribution in [3.05, 3.63) is 70.7 Å². The second-order valence-corrected chi connectivity index (χ2v) is 7.38. The molecule has 4 rings (SSSR count). The number of hydrazone groups is 1. The van der Waals surface area contributed by atoms with Crippen LogP contribution in [0.3, 0.4) is 0 Å². The predicted molar refractivity (Wildman–Crippen MR) is 99.9 cm³/mol. The van der Waals surface area contributed by atoms with E-state index in [1.165, 1.54) is 17.3 Å². The summed E-state index contributed by atoms with van der Waals surface area (Å²) in [5.41, 5.74) is 1.13. The van der Waals surface area contributed by atoms with Crippen LogP contribution in [-0.2, 0) is 10.5 Å². The van der Waals surface area contributed by atoms with Crippen LogP contribution in [0.25, 0.3) is 5.70 Å². The first-order valence-corrected chi connectivity index (χ1v) is 9.09. The van der Waals surface area contributed by atoms with Crippen molar-refractivity contribution in [3.8, 4) is 0 Å². The molecule has 2 aromatic rings. The van der Waals surface area contributed by atoms with Gasteiger partial charge in [0.1, 0.15) is 11.4 Å². The van der Waals surface area contributed by atoms with Crippen molar-refractivity contribution in [2.45, 2.75) is 25.3 Å². The minimum atomic E-state index is -0.611. The molecule has 5 nitrogen and oxygen atoms in total. The zero-order chi connectivity index (χ0) is 17.4. The van der Waals surface area contributed by atoms with Gasteiger partial charge in [-0.05, 0) is 25.5 Å². The molecule has 0 radical (unpaired) electrons. The molecule has 2 aliphatic rings. The van der Waals surface area contributed by atoms with Crippen LogP contribution >= 0.6 is 11.8 Å². The van der Waals surface area contributed by atoms with E-state index in [9.17, 15) is 4.79 Å². The van der Waals surface area contributed by atoms with Gasteiger partial charge in [-0.2, -0.15) is 0 Å². The molecule has 126 valence electrons. The summed E-state index contributed by atoms with van der Waals surface area (Å²) in [4.78, 5) is 17.5. The second kappa shape index (κ2) is 6.04. The van der Waals surface area contributed by atoms with Crippen LogP contribution in [-0.4, -0.2) is 21.7 Å². The molecule has 0 aliphatic carbocycles. The zero-order valence-corrected chi connectivity index (χ0v) is 14.9. The number of thioether (sulfide) groups is 1. The minimum Gasteiger partial charge on any atom is -0.298 e. The van der Waals surface area contributed by atoms with E-state index in [1.807, 2.05) is 56.3 Å². The molecule has 0 bridgehead atoms. The van der Waals surface area contributed by atoms with Crippen molar-refractivity contribution in [1.29, 1.82) is 0 Å². The van der Waals surface area contributed by atoms with Gasteiger partial charge in [0, 0.05) is 11.0 Å². The average molecular weight is 350 g/mol. The number of para-hydroxylation sites is 1. The first-order valence-electron chi connectivity index (χ1n) is 8.11. The number of nitrogens with zero attached hydrogens (tertiary/aromatic N) is 3. The van der Waals surface area contributed by atoms with E-state index >= 15 is 0 Å². The number of carbonyl (C=O) groups is 1. The Morgan fingerprint density at radius 3 is 2.60 bits per heavy atom. The fourth-order valence-corrected chi connectivity index (χ4v) is 3.76.